The van der Waals surface area contributed by atoms with E-state index in [9.17, 15) is 4.79 Å². The highest BCUT2D eigenvalue weighted by Crippen LogP contribution is 2.34. The van der Waals surface area contributed by atoms with Crippen molar-refractivity contribution in [3.63, 3.8) is 0 Å². The van der Waals surface area contributed by atoms with Gasteiger partial charge in [-0.15, -0.1) is 0 Å². The van der Waals surface area contributed by atoms with Gasteiger partial charge in [0.15, 0.2) is 16.7 Å². The summed E-state index contributed by atoms with van der Waals surface area (Å²) in [5.74, 6) is 1.18. The molecule has 0 aliphatic carbocycles. The highest BCUT2D eigenvalue weighted by atomic mass is 32.2. The van der Waals surface area contributed by atoms with Gasteiger partial charge in [0.05, 0.1) is 5.75 Å². The van der Waals surface area contributed by atoms with Gasteiger partial charge in [-0.1, -0.05) is 11.8 Å². The number of benzene rings is 1. The number of rotatable bonds is 4. The van der Waals surface area contributed by atoms with E-state index in [2.05, 4.69) is 20.3 Å². The van der Waals surface area contributed by atoms with Gasteiger partial charge in [0.25, 0.3) is 0 Å². The highest BCUT2D eigenvalue weighted by Gasteiger charge is 2.14. The lowest BCUT2D eigenvalue weighted by atomic mass is 10.3. The molecular weight excluding hydrogens is 308 g/mol. The Balaban J connectivity index is 1.58. The first-order chi connectivity index (χ1) is 10.6. The largest absolute Gasteiger partial charge is 0.454 e. The second-order valence-electron chi connectivity index (χ2n) is 4.24. The van der Waals surface area contributed by atoms with E-state index in [4.69, 9.17) is 20.9 Å². The highest BCUT2D eigenvalue weighted by molar-refractivity contribution is 7.99. The van der Waals surface area contributed by atoms with Crippen molar-refractivity contribution in [1.29, 1.82) is 0 Å². The van der Waals surface area contributed by atoms with Crippen LogP contribution >= 0.6 is 11.8 Å². The zero-order valence-electron chi connectivity index (χ0n) is 11.3. The molecule has 0 saturated heterocycles. The molecule has 0 fully saturated rings. The monoisotopic (exact) mass is 320 g/mol. The Bertz CT molecular complexity index is 706. The Morgan fingerprint density at radius 3 is 2.68 bits per heavy atom. The Morgan fingerprint density at radius 2 is 1.91 bits per heavy atom. The number of hydrogen-bond donors (Lipinski definition) is 3. The Kier molecular flexibility index (Phi) is 3.83. The summed E-state index contributed by atoms with van der Waals surface area (Å²) in [5.41, 5.74) is 11.5. The minimum absolute atomic E-state index is 0.0196. The van der Waals surface area contributed by atoms with Crippen molar-refractivity contribution in [3.05, 3.63) is 18.2 Å². The van der Waals surface area contributed by atoms with E-state index < -0.39 is 0 Å². The Morgan fingerprint density at radius 1 is 1.18 bits per heavy atom. The van der Waals surface area contributed by atoms with Gasteiger partial charge in [0.2, 0.25) is 24.6 Å². The lowest BCUT2D eigenvalue weighted by Gasteiger charge is -2.06. The molecule has 1 amide bonds. The third-order valence-electron chi connectivity index (χ3n) is 2.64. The summed E-state index contributed by atoms with van der Waals surface area (Å²) in [6.07, 6.45) is 0. The van der Waals surface area contributed by atoms with Crippen LogP contribution in [-0.4, -0.2) is 33.4 Å². The number of ether oxygens (including phenoxy) is 2. The van der Waals surface area contributed by atoms with Crippen molar-refractivity contribution in [2.75, 3.05) is 29.3 Å². The van der Waals surface area contributed by atoms with Crippen LogP contribution in [0.1, 0.15) is 0 Å². The quantitative estimate of drug-likeness (QED) is 0.687. The van der Waals surface area contributed by atoms with Crippen LogP contribution in [0.2, 0.25) is 0 Å². The molecular formula is C12H12N6O3S. The molecule has 1 aromatic carbocycles. The second-order valence-corrected chi connectivity index (χ2v) is 5.18. The van der Waals surface area contributed by atoms with Crippen LogP contribution in [-0.2, 0) is 4.79 Å². The van der Waals surface area contributed by atoms with Crippen LogP contribution in [0.4, 0.5) is 17.6 Å². The number of carbonyl (C=O) groups excluding carboxylic acids is 1. The zero-order valence-corrected chi connectivity index (χ0v) is 12.1. The molecule has 0 spiro atoms. The minimum atomic E-state index is -0.221. The van der Waals surface area contributed by atoms with Crippen molar-refractivity contribution in [3.8, 4) is 11.5 Å². The third-order valence-corrected chi connectivity index (χ3v) is 3.49. The maximum Gasteiger partial charge on any atom is 0.234 e. The summed E-state index contributed by atoms with van der Waals surface area (Å²) in [7, 11) is 0. The fraction of sp³-hybridized carbons (Fsp3) is 0.167. The number of fused-ring (bicyclic) bond motifs is 1. The predicted molar refractivity (Wildman–Crippen MR) is 80.6 cm³/mol. The normalized spacial score (nSPS) is 12.2. The van der Waals surface area contributed by atoms with Crippen molar-refractivity contribution in [1.82, 2.24) is 15.0 Å². The molecule has 3 rings (SSSR count). The zero-order chi connectivity index (χ0) is 15.5. The molecule has 0 unspecified atom stereocenters. The molecule has 9 nitrogen and oxygen atoms in total. The van der Waals surface area contributed by atoms with Crippen molar-refractivity contribution in [2.24, 2.45) is 0 Å². The number of nitrogens with one attached hydrogen (secondary N) is 1. The molecule has 1 aliphatic rings. The van der Waals surface area contributed by atoms with Gasteiger partial charge in [-0.25, -0.2) is 0 Å². The summed E-state index contributed by atoms with van der Waals surface area (Å²) in [6.45, 7) is 0.185. The van der Waals surface area contributed by atoms with Gasteiger partial charge >= 0.3 is 0 Å². The Labute approximate surface area is 129 Å². The Hall–Kier alpha value is -2.75. The number of amides is 1. The number of aromatic nitrogens is 3. The van der Waals surface area contributed by atoms with E-state index >= 15 is 0 Å². The molecule has 0 saturated carbocycles. The van der Waals surface area contributed by atoms with Crippen molar-refractivity contribution in [2.45, 2.75) is 5.16 Å². The van der Waals surface area contributed by atoms with E-state index in [-0.39, 0.29) is 30.3 Å². The summed E-state index contributed by atoms with van der Waals surface area (Å²) in [4.78, 5) is 23.3. The van der Waals surface area contributed by atoms with E-state index in [1.165, 1.54) is 0 Å². The number of thioether (sulfide) groups is 1. The minimum Gasteiger partial charge on any atom is -0.454 e. The molecule has 0 atom stereocenters. The number of carbonyl (C=O) groups is 1. The van der Waals surface area contributed by atoms with Gasteiger partial charge in [-0.3, -0.25) is 4.79 Å². The number of anilines is 3. The molecule has 5 N–H and O–H groups in total. The lowest BCUT2D eigenvalue weighted by molar-refractivity contribution is -0.113. The van der Waals surface area contributed by atoms with E-state index in [1.54, 1.807) is 18.2 Å². The topological polar surface area (TPSA) is 138 Å². The number of hydrogen-bond acceptors (Lipinski definition) is 9. The maximum atomic E-state index is 11.9. The first-order valence-corrected chi connectivity index (χ1v) is 7.18. The fourth-order valence-electron chi connectivity index (χ4n) is 1.75. The van der Waals surface area contributed by atoms with E-state index in [0.717, 1.165) is 11.8 Å². The van der Waals surface area contributed by atoms with E-state index in [1.807, 2.05) is 0 Å². The van der Waals surface area contributed by atoms with Gasteiger partial charge in [0.1, 0.15) is 0 Å². The number of nitrogens with zero attached hydrogens (tertiary/aromatic N) is 3. The summed E-state index contributed by atoms with van der Waals surface area (Å²) in [6, 6.07) is 5.16. The second kappa shape index (κ2) is 5.93. The van der Waals surface area contributed by atoms with Crippen molar-refractivity contribution >= 4 is 35.3 Å². The summed E-state index contributed by atoms with van der Waals surface area (Å²) < 4.78 is 10.4. The third kappa shape index (κ3) is 3.28. The van der Waals surface area contributed by atoms with Crippen LogP contribution in [0.5, 0.6) is 11.5 Å². The molecule has 1 aliphatic heterocycles. The van der Waals surface area contributed by atoms with Crippen LogP contribution in [0.25, 0.3) is 0 Å². The number of nitrogens with two attached hydrogens (primary N) is 2. The molecule has 22 heavy (non-hydrogen) atoms. The average molecular weight is 320 g/mol. The van der Waals surface area contributed by atoms with Gasteiger partial charge in [0, 0.05) is 11.8 Å². The molecule has 0 radical (unpaired) electrons. The molecule has 2 heterocycles. The van der Waals surface area contributed by atoms with Gasteiger partial charge in [-0.2, -0.15) is 15.0 Å². The van der Waals surface area contributed by atoms with Gasteiger partial charge < -0.3 is 26.3 Å². The first kappa shape index (κ1) is 14.2. The maximum absolute atomic E-state index is 11.9. The van der Waals surface area contributed by atoms with Gasteiger partial charge in [-0.05, 0) is 12.1 Å². The average Bonchev–Trinajstić information content (AvgIpc) is 2.92. The first-order valence-electron chi connectivity index (χ1n) is 6.19. The van der Waals surface area contributed by atoms with Crippen LogP contribution in [0.15, 0.2) is 23.4 Å². The lowest BCUT2D eigenvalue weighted by Crippen LogP contribution is -2.14. The van der Waals surface area contributed by atoms with E-state index in [0.29, 0.717) is 22.3 Å². The molecule has 1 aromatic heterocycles. The molecule has 10 heteroatoms. The van der Waals surface area contributed by atoms with Crippen LogP contribution in [0.3, 0.4) is 0 Å². The summed E-state index contributed by atoms with van der Waals surface area (Å²) >= 11 is 1.11. The van der Waals surface area contributed by atoms with Crippen LogP contribution < -0.4 is 26.3 Å². The molecule has 114 valence electrons. The smallest absolute Gasteiger partial charge is 0.234 e. The standard InChI is InChI=1S/C12H12N6O3S/c13-10-16-11(14)18-12(17-10)22-4-9(19)15-6-1-2-7-8(3-6)21-5-20-7/h1-3H,4-5H2,(H,15,19)(H4,13,14,16,17,18). The molecule has 2 aromatic rings. The number of nitrogen functional groups attached to an aromatic ring is 2. The van der Waals surface area contributed by atoms with Crippen molar-refractivity contribution < 1.29 is 14.3 Å². The van der Waals surface area contributed by atoms with Crippen LogP contribution in [0, 0.1) is 0 Å². The predicted octanol–water partition coefficient (Wildman–Crippen LogP) is 0.495. The molecule has 0 bridgehead atoms. The SMILES string of the molecule is Nc1nc(N)nc(SCC(=O)Nc2ccc3c(c2)OCO3)n1. The summed E-state index contributed by atoms with van der Waals surface area (Å²) in [5, 5.41) is 3.04. The fourth-order valence-corrected chi connectivity index (χ4v) is 2.40.